The van der Waals surface area contributed by atoms with Crippen LogP contribution in [0.3, 0.4) is 0 Å². The summed E-state index contributed by atoms with van der Waals surface area (Å²) in [6.07, 6.45) is 0. The van der Waals surface area contributed by atoms with Crippen LogP contribution in [0.1, 0.15) is 0 Å². The quantitative estimate of drug-likeness (QED) is 0.340. The van der Waals surface area contributed by atoms with Crippen molar-refractivity contribution in [1.82, 2.24) is 0 Å². The van der Waals surface area contributed by atoms with Gasteiger partial charge in [-0.25, -0.2) is 4.21 Å². The van der Waals surface area contributed by atoms with Gasteiger partial charge in [0.2, 0.25) is 0 Å². The second kappa shape index (κ2) is 3.66. The van der Waals surface area contributed by atoms with Gasteiger partial charge in [-0.1, -0.05) is 0 Å². The normalized spacial score (nSPS) is 12.8. The predicted molar refractivity (Wildman–Crippen MR) is 63.5 cm³/mol. The van der Waals surface area contributed by atoms with Crippen LogP contribution in [-0.4, -0.2) is 13.9 Å². The lowest BCUT2D eigenvalue weighted by Crippen LogP contribution is -1.98. The largest absolute Gasteiger partial charge is 0.505 e. The molecule has 0 amide bonds. The van der Waals surface area contributed by atoms with Crippen molar-refractivity contribution in [2.24, 2.45) is 0 Å². The lowest BCUT2D eigenvalue weighted by Gasteiger charge is -2.08. The number of hydrogen-bond donors (Lipinski definition) is 4. The summed E-state index contributed by atoms with van der Waals surface area (Å²) >= 11 is -2.24. The van der Waals surface area contributed by atoms with Crippen molar-refractivity contribution < 1.29 is 13.9 Å². The average Bonchev–Trinajstić information content (AvgIpc) is 2.22. The van der Waals surface area contributed by atoms with Crippen molar-refractivity contribution in [1.29, 1.82) is 0 Å². The molecule has 0 spiro atoms. The molecular weight excluding hydrogens is 228 g/mol. The molecule has 2 rings (SSSR count). The zero-order valence-corrected chi connectivity index (χ0v) is 8.99. The van der Waals surface area contributed by atoms with Crippen LogP contribution in [0.15, 0.2) is 29.2 Å². The average molecular weight is 238 g/mol. The molecule has 84 valence electrons. The maximum atomic E-state index is 11.0. The van der Waals surface area contributed by atoms with Crippen LogP contribution in [0.5, 0.6) is 5.75 Å². The minimum atomic E-state index is -2.24. The van der Waals surface area contributed by atoms with Gasteiger partial charge in [0.1, 0.15) is 5.75 Å². The Morgan fingerprint density at radius 2 is 1.88 bits per heavy atom. The Morgan fingerprint density at radius 1 is 1.19 bits per heavy atom. The molecule has 0 fully saturated rings. The minimum Gasteiger partial charge on any atom is -0.505 e. The van der Waals surface area contributed by atoms with Gasteiger partial charge >= 0.3 is 0 Å². The molecular formula is C10H10N2O3S. The van der Waals surface area contributed by atoms with Crippen LogP contribution in [0.4, 0.5) is 11.4 Å². The molecule has 2 aromatic carbocycles. The Morgan fingerprint density at radius 3 is 2.50 bits per heavy atom. The molecule has 1 unspecified atom stereocenters. The van der Waals surface area contributed by atoms with Gasteiger partial charge in [-0.05, 0) is 29.7 Å². The number of phenols is 1. The molecule has 0 aliphatic carbocycles. The summed E-state index contributed by atoms with van der Waals surface area (Å²) < 4.78 is 20.0. The summed E-state index contributed by atoms with van der Waals surface area (Å²) in [5.41, 5.74) is 11.6. The Hall–Kier alpha value is -1.79. The van der Waals surface area contributed by atoms with Gasteiger partial charge in [-0.3, -0.25) is 0 Å². The molecule has 16 heavy (non-hydrogen) atoms. The van der Waals surface area contributed by atoms with Crippen molar-refractivity contribution in [3.8, 4) is 5.75 Å². The van der Waals surface area contributed by atoms with E-state index in [1.165, 1.54) is 6.07 Å². The standard InChI is InChI=1S/C10H10N2O3S/c11-6-1-2-7-5(3-6)4-8(16(14)15)9(12)10(7)13/h1-4,13H,11-12H2,(H,14,15). The first-order valence-corrected chi connectivity index (χ1v) is 5.53. The van der Waals surface area contributed by atoms with Crippen molar-refractivity contribution in [2.45, 2.75) is 4.90 Å². The summed E-state index contributed by atoms with van der Waals surface area (Å²) in [7, 11) is 0. The fraction of sp³-hybridized carbons (Fsp3) is 0. The van der Waals surface area contributed by atoms with Gasteiger partial charge in [0, 0.05) is 11.1 Å². The van der Waals surface area contributed by atoms with E-state index in [4.69, 9.17) is 16.0 Å². The Labute approximate surface area is 94.0 Å². The maximum Gasteiger partial charge on any atom is 0.188 e. The molecule has 0 heterocycles. The van der Waals surface area contributed by atoms with E-state index < -0.39 is 11.1 Å². The number of rotatable bonds is 1. The molecule has 6 heteroatoms. The van der Waals surface area contributed by atoms with E-state index in [0.717, 1.165) is 0 Å². The van der Waals surface area contributed by atoms with Crippen LogP contribution < -0.4 is 11.5 Å². The van der Waals surface area contributed by atoms with Crippen LogP contribution in [0.2, 0.25) is 0 Å². The Kier molecular flexibility index (Phi) is 2.45. The Bertz CT molecular complexity index is 598. The van der Waals surface area contributed by atoms with Gasteiger partial charge in [0.25, 0.3) is 0 Å². The summed E-state index contributed by atoms with van der Waals surface area (Å²) in [4.78, 5) is -0.0180. The highest BCUT2D eigenvalue weighted by Gasteiger charge is 2.13. The van der Waals surface area contributed by atoms with E-state index in [1.54, 1.807) is 18.2 Å². The third-order valence-corrected chi connectivity index (χ3v) is 3.04. The molecule has 6 N–H and O–H groups in total. The SMILES string of the molecule is Nc1ccc2c(O)c(N)c(S(=O)O)cc2c1. The first-order valence-electron chi connectivity index (χ1n) is 4.42. The molecule has 0 saturated heterocycles. The summed E-state index contributed by atoms with van der Waals surface area (Å²) in [6, 6.07) is 6.28. The Balaban J connectivity index is 2.88. The van der Waals surface area contributed by atoms with Crippen LogP contribution in [0, 0.1) is 0 Å². The van der Waals surface area contributed by atoms with Crippen LogP contribution in [0.25, 0.3) is 10.8 Å². The minimum absolute atomic E-state index is 0.0180. The third-order valence-electron chi connectivity index (χ3n) is 2.33. The number of benzene rings is 2. The van der Waals surface area contributed by atoms with Crippen LogP contribution >= 0.6 is 0 Å². The van der Waals surface area contributed by atoms with Gasteiger partial charge < -0.3 is 21.1 Å². The summed E-state index contributed by atoms with van der Waals surface area (Å²) in [6.45, 7) is 0. The second-order valence-electron chi connectivity index (χ2n) is 3.37. The topological polar surface area (TPSA) is 110 Å². The van der Waals surface area contributed by atoms with Gasteiger partial charge in [0.05, 0.1) is 10.6 Å². The highest BCUT2D eigenvalue weighted by atomic mass is 32.2. The smallest absolute Gasteiger partial charge is 0.188 e. The predicted octanol–water partition coefficient (Wildman–Crippen LogP) is 1.29. The lowest BCUT2D eigenvalue weighted by atomic mass is 10.1. The molecule has 0 saturated carbocycles. The highest BCUT2D eigenvalue weighted by Crippen LogP contribution is 2.35. The first-order chi connectivity index (χ1) is 7.50. The molecule has 2 aromatic rings. The van der Waals surface area contributed by atoms with Gasteiger partial charge in [-0.15, -0.1) is 0 Å². The van der Waals surface area contributed by atoms with E-state index >= 15 is 0 Å². The maximum absolute atomic E-state index is 11.0. The fourth-order valence-electron chi connectivity index (χ4n) is 1.54. The van der Waals surface area contributed by atoms with E-state index in [9.17, 15) is 9.32 Å². The lowest BCUT2D eigenvalue weighted by molar-refractivity contribution is 0.482. The zero-order valence-electron chi connectivity index (χ0n) is 8.18. The number of fused-ring (bicyclic) bond motifs is 1. The number of aromatic hydroxyl groups is 1. The van der Waals surface area contributed by atoms with Crippen LogP contribution in [-0.2, 0) is 11.1 Å². The summed E-state index contributed by atoms with van der Waals surface area (Å²) in [5, 5.41) is 10.8. The summed E-state index contributed by atoms with van der Waals surface area (Å²) in [5.74, 6) is -0.199. The monoisotopic (exact) mass is 238 g/mol. The first kappa shape index (κ1) is 10.7. The number of nitrogen functional groups attached to an aromatic ring is 2. The third kappa shape index (κ3) is 1.58. The second-order valence-corrected chi connectivity index (χ2v) is 4.30. The molecule has 0 aromatic heterocycles. The van der Waals surface area contributed by atoms with Crippen molar-refractivity contribution in [2.75, 3.05) is 11.5 Å². The molecule has 0 aliphatic heterocycles. The van der Waals surface area contributed by atoms with E-state index in [2.05, 4.69) is 0 Å². The van der Waals surface area contributed by atoms with Crippen molar-refractivity contribution >= 4 is 33.2 Å². The molecule has 0 bridgehead atoms. The van der Waals surface area contributed by atoms with Gasteiger partial charge in [0.15, 0.2) is 11.1 Å². The fourth-order valence-corrected chi connectivity index (χ4v) is 2.05. The molecule has 5 nitrogen and oxygen atoms in total. The highest BCUT2D eigenvalue weighted by molar-refractivity contribution is 7.79. The molecule has 1 atom stereocenters. The molecule has 0 radical (unpaired) electrons. The number of nitrogens with two attached hydrogens (primary N) is 2. The number of phenolic OH excluding ortho intramolecular Hbond substituents is 1. The van der Waals surface area contributed by atoms with E-state index in [-0.39, 0.29) is 16.3 Å². The van der Waals surface area contributed by atoms with Crippen molar-refractivity contribution in [3.63, 3.8) is 0 Å². The van der Waals surface area contributed by atoms with Crippen molar-refractivity contribution in [3.05, 3.63) is 24.3 Å². The molecule has 0 aliphatic rings. The van der Waals surface area contributed by atoms with E-state index in [1.807, 2.05) is 0 Å². The number of hydrogen-bond acceptors (Lipinski definition) is 4. The van der Waals surface area contributed by atoms with Gasteiger partial charge in [-0.2, -0.15) is 0 Å². The number of anilines is 2. The van der Waals surface area contributed by atoms with E-state index in [0.29, 0.717) is 16.5 Å². The zero-order chi connectivity index (χ0) is 11.9.